The molecule has 0 spiro atoms. The number of carbonyl (C=O) groups excluding carboxylic acids is 1. The number of halogens is 3. The minimum absolute atomic E-state index is 0. The van der Waals surface area contributed by atoms with Gasteiger partial charge >= 0.3 is 0 Å². The molecule has 0 aliphatic heterocycles. The number of amides is 1. The molecule has 0 radical (unpaired) electrons. The molecule has 1 amide bonds. The number of nitrogens with two attached hydrogens (primary N) is 1. The van der Waals surface area contributed by atoms with Crippen LogP contribution in [-0.2, 0) is 6.54 Å². The molecule has 2 N–H and O–H groups in total. The standard InChI is InChI=1S/C18H13F3N6O.CH4/c19-11-3-1-10(2-4-11)16-17(26(9-24-16)8-14(20)21)12-5-6-15-23-7-13(18(22)28)27(15)25-12;/h1-7,9,14H,8H2,(H2,22,28);1H4. The zero-order chi connectivity index (χ0) is 19.8. The van der Waals surface area contributed by atoms with Gasteiger partial charge in [0.25, 0.3) is 12.3 Å². The molecule has 3 aromatic heterocycles. The van der Waals surface area contributed by atoms with Crippen molar-refractivity contribution in [3.63, 3.8) is 0 Å². The van der Waals surface area contributed by atoms with Crippen LogP contribution in [0.15, 0.2) is 48.9 Å². The number of hydrogen-bond donors (Lipinski definition) is 1. The van der Waals surface area contributed by atoms with Gasteiger partial charge in [0, 0.05) is 5.56 Å². The third kappa shape index (κ3) is 3.68. The Kier molecular flexibility index (Phi) is 5.35. The Morgan fingerprint density at radius 2 is 1.83 bits per heavy atom. The summed E-state index contributed by atoms with van der Waals surface area (Å²) >= 11 is 0. The molecule has 0 atom stereocenters. The first-order valence-corrected chi connectivity index (χ1v) is 8.18. The van der Waals surface area contributed by atoms with Gasteiger partial charge in [0.05, 0.1) is 30.5 Å². The summed E-state index contributed by atoms with van der Waals surface area (Å²) in [6.07, 6.45) is -0.0621. The lowest BCUT2D eigenvalue weighted by Gasteiger charge is -2.10. The zero-order valence-corrected chi connectivity index (χ0v) is 14.3. The highest BCUT2D eigenvalue weighted by Crippen LogP contribution is 2.31. The number of benzene rings is 1. The van der Waals surface area contributed by atoms with Crippen LogP contribution in [0.2, 0.25) is 0 Å². The summed E-state index contributed by atoms with van der Waals surface area (Å²) in [6.45, 7) is -0.601. The van der Waals surface area contributed by atoms with E-state index >= 15 is 0 Å². The van der Waals surface area contributed by atoms with Crippen LogP contribution in [0.1, 0.15) is 17.9 Å². The van der Waals surface area contributed by atoms with Gasteiger partial charge in [-0.05, 0) is 36.4 Å². The van der Waals surface area contributed by atoms with Crippen LogP contribution in [0.5, 0.6) is 0 Å². The average molecular weight is 402 g/mol. The first kappa shape index (κ1) is 20.1. The number of nitrogens with zero attached hydrogens (tertiary/aromatic N) is 5. The van der Waals surface area contributed by atoms with Crippen molar-refractivity contribution in [2.45, 2.75) is 20.4 Å². The zero-order valence-electron chi connectivity index (χ0n) is 14.3. The lowest BCUT2D eigenvalue weighted by atomic mass is 10.1. The first-order valence-electron chi connectivity index (χ1n) is 8.18. The van der Waals surface area contributed by atoms with E-state index < -0.39 is 24.7 Å². The topological polar surface area (TPSA) is 91.1 Å². The molecule has 1 aromatic carbocycles. The van der Waals surface area contributed by atoms with Crippen molar-refractivity contribution in [3.05, 3.63) is 60.4 Å². The maximum absolute atomic E-state index is 13.3. The van der Waals surface area contributed by atoms with Crippen molar-refractivity contribution >= 4 is 11.6 Å². The number of carbonyl (C=O) groups is 1. The summed E-state index contributed by atoms with van der Waals surface area (Å²) < 4.78 is 41.9. The highest BCUT2D eigenvalue weighted by molar-refractivity contribution is 5.91. The Labute approximate surface area is 163 Å². The van der Waals surface area contributed by atoms with E-state index in [0.717, 1.165) is 0 Å². The van der Waals surface area contributed by atoms with E-state index in [9.17, 15) is 18.0 Å². The van der Waals surface area contributed by atoms with E-state index in [4.69, 9.17) is 5.73 Å². The van der Waals surface area contributed by atoms with Gasteiger partial charge in [0.15, 0.2) is 5.65 Å². The van der Waals surface area contributed by atoms with Crippen LogP contribution < -0.4 is 5.73 Å². The number of hydrogen-bond acceptors (Lipinski definition) is 4. The molecule has 10 heteroatoms. The molecule has 3 heterocycles. The molecule has 0 saturated carbocycles. The third-order valence-electron chi connectivity index (χ3n) is 4.15. The van der Waals surface area contributed by atoms with Gasteiger partial charge in [0.1, 0.15) is 17.2 Å². The van der Waals surface area contributed by atoms with Gasteiger partial charge < -0.3 is 10.3 Å². The van der Waals surface area contributed by atoms with Gasteiger partial charge in [-0.15, -0.1) is 0 Å². The van der Waals surface area contributed by atoms with Crippen molar-refractivity contribution in [1.29, 1.82) is 0 Å². The molecule has 0 saturated heterocycles. The second-order valence-corrected chi connectivity index (χ2v) is 5.99. The van der Waals surface area contributed by atoms with E-state index in [0.29, 0.717) is 22.6 Å². The van der Waals surface area contributed by atoms with Crippen LogP contribution in [0.25, 0.3) is 28.3 Å². The van der Waals surface area contributed by atoms with Gasteiger partial charge in [-0.2, -0.15) is 5.10 Å². The quantitative estimate of drug-likeness (QED) is 0.554. The highest BCUT2D eigenvalue weighted by atomic mass is 19.3. The Morgan fingerprint density at radius 1 is 1.10 bits per heavy atom. The summed E-state index contributed by atoms with van der Waals surface area (Å²) in [5.74, 6) is -1.15. The average Bonchev–Trinajstić information content (AvgIpc) is 3.25. The van der Waals surface area contributed by atoms with Crippen molar-refractivity contribution in [2.75, 3.05) is 0 Å². The Morgan fingerprint density at radius 3 is 2.48 bits per heavy atom. The second-order valence-electron chi connectivity index (χ2n) is 5.99. The monoisotopic (exact) mass is 402 g/mol. The Hall–Kier alpha value is -3.69. The van der Waals surface area contributed by atoms with E-state index in [-0.39, 0.29) is 18.8 Å². The molecular weight excluding hydrogens is 385 g/mol. The number of alkyl halides is 2. The van der Waals surface area contributed by atoms with E-state index in [2.05, 4.69) is 15.1 Å². The summed E-state index contributed by atoms with van der Waals surface area (Å²) in [5, 5.41) is 4.34. The maximum atomic E-state index is 13.3. The molecule has 0 bridgehead atoms. The summed E-state index contributed by atoms with van der Waals surface area (Å²) in [6, 6.07) is 8.67. The highest BCUT2D eigenvalue weighted by Gasteiger charge is 2.20. The molecule has 7 nitrogen and oxygen atoms in total. The maximum Gasteiger partial charge on any atom is 0.269 e. The SMILES string of the molecule is C.NC(=O)c1cnc2ccc(-c3c(-c4ccc(F)cc4)ncn3CC(F)F)nn12. The fourth-order valence-electron chi connectivity index (χ4n) is 2.92. The molecule has 0 unspecified atom stereocenters. The van der Waals surface area contributed by atoms with Crippen LogP contribution in [0, 0.1) is 5.82 Å². The molecule has 0 aliphatic carbocycles. The van der Waals surface area contributed by atoms with Gasteiger partial charge in [-0.3, -0.25) is 4.79 Å². The minimum atomic E-state index is -2.62. The second kappa shape index (κ2) is 7.74. The fourth-order valence-corrected chi connectivity index (χ4v) is 2.92. The fraction of sp³-hybridized carbons (Fsp3) is 0.158. The van der Waals surface area contributed by atoms with Crippen LogP contribution in [-0.4, -0.2) is 36.5 Å². The van der Waals surface area contributed by atoms with E-state index in [1.807, 2.05) is 0 Å². The Balaban J connectivity index is 0.00000240. The van der Waals surface area contributed by atoms with Gasteiger partial charge in [-0.25, -0.2) is 27.7 Å². The van der Waals surface area contributed by atoms with Crippen molar-refractivity contribution in [3.8, 4) is 22.6 Å². The molecule has 0 aliphatic rings. The third-order valence-corrected chi connectivity index (χ3v) is 4.15. The predicted molar refractivity (Wildman–Crippen MR) is 101 cm³/mol. The van der Waals surface area contributed by atoms with Crippen molar-refractivity contribution in [2.24, 2.45) is 5.73 Å². The molecular formula is C19H17F3N6O. The summed E-state index contributed by atoms with van der Waals surface area (Å²) in [4.78, 5) is 19.8. The lowest BCUT2D eigenvalue weighted by molar-refractivity contribution is 0.0993. The van der Waals surface area contributed by atoms with Crippen molar-refractivity contribution < 1.29 is 18.0 Å². The molecule has 4 rings (SSSR count). The first-order chi connectivity index (χ1) is 13.4. The lowest BCUT2D eigenvalue weighted by Crippen LogP contribution is -2.15. The van der Waals surface area contributed by atoms with E-state index in [1.54, 1.807) is 12.1 Å². The Bertz CT molecular complexity index is 1170. The van der Waals surface area contributed by atoms with E-state index in [1.165, 1.54) is 45.9 Å². The van der Waals surface area contributed by atoms with Gasteiger partial charge in [-0.1, -0.05) is 7.43 Å². The number of aromatic nitrogens is 5. The molecule has 4 aromatic rings. The molecule has 150 valence electrons. The minimum Gasteiger partial charge on any atom is -0.364 e. The molecule has 29 heavy (non-hydrogen) atoms. The largest absolute Gasteiger partial charge is 0.364 e. The predicted octanol–water partition coefficient (Wildman–Crippen LogP) is 3.40. The number of fused-ring (bicyclic) bond motifs is 1. The molecule has 0 fully saturated rings. The number of rotatable bonds is 5. The van der Waals surface area contributed by atoms with Crippen LogP contribution in [0.4, 0.5) is 13.2 Å². The van der Waals surface area contributed by atoms with Crippen LogP contribution >= 0.6 is 0 Å². The normalized spacial score (nSPS) is 11.0. The number of imidazole rings is 2. The summed E-state index contributed by atoms with van der Waals surface area (Å²) in [7, 11) is 0. The number of primary amides is 1. The summed E-state index contributed by atoms with van der Waals surface area (Å²) in [5.41, 5.74) is 7.24. The van der Waals surface area contributed by atoms with Crippen molar-refractivity contribution in [1.82, 2.24) is 24.1 Å². The van der Waals surface area contributed by atoms with Crippen LogP contribution in [0.3, 0.4) is 0 Å². The smallest absolute Gasteiger partial charge is 0.269 e. The van der Waals surface area contributed by atoms with Gasteiger partial charge in [0.2, 0.25) is 0 Å².